The minimum atomic E-state index is -1.16. The summed E-state index contributed by atoms with van der Waals surface area (Å²) in [4.78, 5) is 23.3. The molecule has 0 aliphatic heterocycles. The van der Waals surface area contributed by atoms with Crippen molar-refractivity contribution in [2.24, 2.45) is 0 Å². The molecule has 0 saturated carbocycles. The topological polar surface area (TPSA) is 66.4 Å². The van der Waals surface area contributed by atoms with Gasteiger partial charge in [-0.25, -0.2) is 9.18 Å². The lowest BCUT2D eigenvalue weighted by atomic mass is 10.1. The lowest BCUT2D eigenvalue weighted by Gasteiger charge is -2.11. The lowest BCUT2D eigenvalue weighted by molar-refractivity contribution is 0.0698. The molecule has 4 nitrogen and oxygen atoms in total. The molecule has 0 aliphatic rings. The monoisotopic (exact) mass is 415 g/mol. The summed E-state index contributed by atoms with van der Waals surface area (Å²) >= 11 is 6.19. The van der Waals surface area contributed by atoms with Crippen molar-refractivity contribution in [3.05, 3.63) is 62.3 Å². The van der Waals surface area contributed by atoms with Crippen LogP contribution in [0.4, 0.5) is 10.1 Å². The van der Waals surface area contributed by atoms with Crippen LogP contribution >= 0.6 is 31.9 Å². The number of para-hydroxylation sites is 1. The number of amides is 1. The Morgan fingerprint density at radius 3 is 2.43 bits per heavy atom. The van der Waals surface area contributed by atoms with E-state index in [1.807, 2.05) is 0 Å². The van der Waals surface area contributed by atoms with E-state index in [1.165, 1.54) is 18.2 Å². The van der Waals surface area contributed by atoms with E-state index < -0.39 is 17.7 Å². The Morgan fingerprint density at radius 1 is 1.10 bits per heavy atom. The van der Waals surface area contributed by atoms with Crippen molar-refractivity contribution in [1.29, 1.82) is 0 Å². The second-order valence-corrected chi connectivity index (χ2v) is 5.76. The molecule has 2 rings (SSSR count). The molecule has 1 amide bonds. The molecule has 108 valence electrons. The number of carboxylic acids is 1. The number of benzene rings is 2. The van der Waals surface area contributed by atoms with E-state index >= 15 is 0 Å². The summed E-state index contributed by atoms with van der Waals surface area (Å²) in [6, 6.07) is 8.33. The number of aromatic carboxylic acids is 1. The summed E-state index contributed by atoms with van der Waals surface area (Å²) < 4.78 is 13.8. The number of hydrogen-bond donors (Lipinski definition) is 2. The van der Waals surface area contributed by atoms with Gasteiger partial charge in [0.15, 0.2) is 0 Å². The van der Waals surface area contributed by atoms with Gasteiger partial charge in [-0.1, -0.05) is 6.07 Å². The summed E-state index contributed by atoms with van der Waals surface area (Å²) in [5.74, 6) is -2.18. The Hall–Kier alpha value is -1.73. The third-order valence-corrected chi connectivity index (χ3v) is 3.93. The Morgan fingerprint density at radius 2 is 1.81 bits per heavy atom. The highest BCUT2D eigenvalue weighted by molar-refractivity contribution is 9.10. The Balaban J connectivity index is 2.36. The van der Waals surface area contributed by atoms with Gasteiger partial charge < -0.3 is 10.4 Å². The standard InChI is InChI=1S/C14H8Br2FNO3/c15-9-3-1-2-8(14(20)21)12(9)18-13(19)7-4-5-11(17)10(16)6-7/h1-6H,(H,18,19)(H,20,21). The molecular formula is C14H8Br2FNO3. The van der Waals surface area contributed by atoms with Gasteiger partial charge in [0.2, 0.25) is 0 Å². The summed E-state index contributed by atoms with van der Waals surface area (Å²) in [5, 5.41) is 11.6. The van der Waals surface area contributed by atoms with Gasteiger partial charge in [-0.05, 0) is 62.2 Å². The number of hydrogen-bond acceptors (Lipinski definition) is 2. The SMILES string of the molecule is O=C(Nc1c(Br)cccc1C(=O)O)c1ccc(F)c(Br)c1. The molecule has 0 radical (unpaired) electrons. The molecule has 2 N–H and O–H groups in total. The Labute approximate surface area is 136 Å². The minimum absolute atomic E-state index is 0.0427. The maximum Gasteiger partial charge on any atom is 0.337 e. The number of anilines is 1. The van der Waals surface area contributed by atoms with Crippen LogP contribution in [0.1, 0.15) is 20.7 Å². The van der Waals surface area contributed by atoms with Crippen molar-refractivity contribution >= 4 is 49.4 Å². The van der Waals surface area contributed by atoms with E-state index in [9.17, 15) is 14.0 Å². The molecule has 0 unspecified atom stereocenters. The number of carboxylic acid groups (broad SMARTS) is 1. The zero-order chi connectivity index (χ0) is 15.6. The van der Waals surface area contributed by atoms with Gasteiger partial charge in [0.1, 0.15) is 5.82 Å². The van der Waals surface area contributed by atoms with Crippen LogP contribution in [0.5, 0.6) is 0 Å². The quantitative estimate of drug-likeness (QED) is 0.783. The summed E-state index contributed by atoms with van der Waals surface area (Å²) in [5.41, 5.74) is 0.310. The number of rotatable bonds is 3. The number of halogens is 3. The van der Waals surface area contributed by atoms with Crippen molar-refractivity contribution in [3.63, 3.8) is 0 Å². The molecule has 0 spiro atoms. The van der Waals surface area contributed by atoms with Crippen LogP contribution in [0.25, 0.3) is 0 Å². The number of carbonyl (C=O) groups is 2. The predicted octanol–water partition coefficient (Wildman–Crippen LogP) is 4.30. The van der Waals surface area contributed by atoms with Gasteiger partial charge in [-0.15, -0.1) is 0 Å². The summed E-state index contributed by atoms with van der Waals surface area (Å²) in [7, 11) is 0. The molecule has 0 saturated heterocycles. The van der Waals surface area contributed by atoms with Gasteiger partial charge in [0.25, 0.3) is 5.91 Å². The molecule has 0 heterocycles. The molecule has 0 fully saturated rings. The Kier molecular flexibility index (Phi) is 4.74. The molecule has 2 aromatic rings. The summed E-state index contributed by atoms with van der Waals surface area (Å²) in [6.45, 7) is 0. The van der Waals surface area contributed by atoms with E-state index in [4.69, 9.17) is 5.11 Å². The third kappa shape index (κ3) is 3.48. The van der Waals surface area contributed by atoms with E-state index in [0.29, 0.717) is 4.47 Å². The maximum absolute atomic E-state index is 13.2. The lowest BCUT2D eigenvalue weighted by Crippen LogP contribution is -2.15. The van der Waals surface area contributed by atoms with Crippen LogP contribution in [-0.4, -0.2) is 17.0 Å². The average Bonchev–Trinajstić information content (AvgIpc) is 2.43. The molecule has 21 heavy (non-hydrogen) atoms. The molecule has 0 aromatic heterocycles. The van der Waals surface area contributed by atoms with E-state index in [2.05, 4.69) is 37.2 Å². The Bertz CT molecular complexity index is 734. The van der Waals surface area contributed by atoms with Crippen LogP contribution in [0.2, 0.25) is 0 Å². The van der Waals surface area contributed by atoms with Crippen molar-refractivity contribution in [1.82, 2.24) is 0 Å². The van der Waals surface area contributed by atoms with Gasteiger partial charge >= 0.3 is 5.97 Å². The van der Waals surface area contributed by atoms with Crippen LogP contribution in [-0.2, 0) is 0 Å². The molecule has 0 aliphatic carbocycles. The van der Waals surface area contributed by atoms with Gasteiger partial charge in [0, 0.05) is 10.0 Å². The second-order valence-electron chi connectivity index (χ2n) is 4.05. The zero-order valence-electron chi connectivity index (χ0n) is 10.4. The minimum Gasteiger partial charge on any atom is -0.478 e. The largest absolute Gasteiger partial charge is 0.478 e. The molecule has 2 aromatic carbocycles. The van der Waals surface area contributed by atoms with E-state index in [0.717, 1.165) is 6.07 Å². The first-order valence-corrected chi connectivity index (χ1v) is 7.27. The molecular weight excluding hydrogens is 409 g/mol. The predicted molar refractivity (Wildman–Crippen MR) is 83.2 cm³/mol. The van der Waals surface area contributed by atoms with Crippen LogP contribution in [0.15, 0.2) is 45.3 Å². The van der Waals surface area contributed by atoms with Crippen LogP contribution in [0.3, 0.4) is 0 Å². The first-order valence-electron chi connectivity index (χ1n) is 5.68. The number of carbonyl (C=O) groups excluding carboxylic acids is 1. The second kappa shape index (κ2) is 6.36. The van der Waals surface area contributed by atoms with Crippen molar-refractivity contribution in [2.45, 2.75) is 0 Å². The molecule has 0 atom stereocenters. The van der Waals surface area contributed by atoms with Crippen LogP contribution < -0.4 is 5.32 Å². The van der Waals surface area contributed by atoms with Crippen molar-refractivity contribution in [3.8, 4) is 0 Å². The van der Waals surface area contributed by atoms with Crippen molar-refractivity contribution < 1.29 is 19.1 Å². The highest BCUT2D eigenvalue weighted by atomic mass is 79.9. The normalized spacial score (nSPS) is 10.2. The fraction of sp³-hybridized carbons (Fsp3) is 0. The highest BCUT2D eigenvalue weighted by Crippen LogP contribution is 2.27. The fourth-order valence-electron chi connectivity index (χ4n) is 1.65. The average molecular weight is 417 g/mol. The smallest absolute Gasteiger partial charge is 0.337 e. The number of nitrogens with one attached hydrogen (secondary N) is 1. The first-order chi connectivity index (χ1) is 9.90. The molecule has 7 heteroatoms. The van der Waals surface area contributed by atoms with E-state index in [1.54, 1.807) is 12.1 Å². The third-order valence-electron chi connectivity index (χ3n) is 2.66. The molecule has 0 bridgehead atoms. The van der Waals surface area contributed by atoms with Crippen molar-refractivity contribution in [2.75, 3.05) is 5.32 Å². The summed E-state index contributed by atoms with van der Waals surface area (Å²) in [6.07, 6.45) is 0. The van der Waals surface area contributed by atoms with Gasteiger partial charge in [-0.3, -0.25) is 4.79 Å². The highest BCUT2D eigenvalue weighted by Gasteiger charge is 2.16. The first kappa shape index (κ1) is 15.7. The van der Waals surface area contributed by atoms with Gasteiger partial charge in [-0.2, -0.15) is 0 Å². The van der Waals surface area contributed by atoms with Gasteiger partial charge in [0.05, 0.1) is 15.7 Å². The zero-order valence-corrected chi connectivity index (χ0v) is 13.5. The maximum atomic E-state index is 13.2. The fourth-order valence-corrected chi connectivity index (χ4v) is 2.50. The van der Waals surface area contributed by atoms with Crippen LogP contribution in [0, 0.1) is 5.82 Å². The van der Waals surface area contributed by atoms with E-state index in [-0.39, 0.29) is 21.3 Å².